The molecule has 0 aliphatic heterocycles. The molecular weight excluding hydrogens is 376 g/mol. The third-order valence-corrected chi connectivity index (χ3v) is 6.30. The highest BCUT2D eigenvalue weighted by atomic mass is 33.1. The largest absolute Gasteiger partial charge is 0.449 e. The van der Waals surface area contributed by atoms with Gasteiger partial charge in [0.15, 0.2) is 6.61 Å². The number of nitriles is 1. The van der Waals surface area contributed by atoms with Crippen LogP contribution < -0.4 is 5.32 Å². The second kappa shape index (κ2) is 11.3. The highest BCUT2D eigenvalue weighted by molar-refractivity contribution is 8.77. The van der Waals surface area contributed by atoms with Crippen molar-refractivity contribution >= 4 is 33.7 Å². The summed E-state index contributed by atoms with van der Waals surface area (Å²) in [6, 6.07) is 0.736. The van der Waals surface area contributed by atoms with E-state index in [-0.39, 0.29) is 23.0 Å². The number of carbonyl (C=O) groups is 2. The number of hydrogen-bond donors (Lipinski definition) is 2. The van der Waals surface area contributed by atoms with E-state index in [9.17, 15) is 9.59 Å². The van der Waals surface area contributed by atoms with Crippen molar-refractivity contribution in [3.05, 3.63) is 0 Å². The summed E-state index contributed by atoms with van der Waals surface area (Å²) in [6.07, 6.45) is -0.536. The molecule has 0 aromatic carbocycles. The van der Waals surface area contributed by atoms with Gasteiger partial charge in [0, 0.05) is 10.00 Å². The normalized spacial score (nSPS) is 13.9. The van der Waals surface area contributed by atoms with E-state index < -0.39 is 30.3 Å². The number of carbonyl (C=O) groups excluding carboxylic acids is 2. The predicted octanol–water partition coefficient (Wildman–Crippen LogP) is 3.92. The van der Waals surface area contributed by atoms with Crippen molar-refractivity contribution in [3.8, 4) is 6.07 Å². The first-order valence-electron chi connectivity index (χ1n) is 8.08. The van der Waals surface area contributed by atoms with Gasteiger partial charge in [-0.25, -0.2) is 15.1 Å². The average molecular weight is 405 g/mol. The van der Waals surface area contributed by atoms with E-state index in [1.54, 1.807) is 37.6 Å². The molecule has 0 heterocycles. The molecule has 148 valence electrons. The maximum Gasteiger partial charge on any atom is 0.408 e. The van der Waals surface area contributed by atoms with Gasteiger partial charge in [0.25, 0.3) is 0 Å². The Morgan fingerprint density at radius 2 is 1.88 bits per heavy atom. The fourth-order valence-corrected chi connectivity index (χ4v) is 4.11. The van der Waals surface area contributed by atoms with Crippen LogP contribution in [0.15, 0.2) is 5.11 Å². The second-order valence-corrected chi connectivity index (χ2v) is 10.8. The van der Waals surface area contributed by atoms with E-state index in [0.29, 0.717) is 0 Å². The summed E-state index contributed by atoms with van der Waals surface area (Å²) in [5, 5.41) is 14.3. The van der Waals surface area contributed by atoms with Crippen molar-refractivity contribution in [3.63, 3.8) is 0 Å². The Kier molecular flexibility index (Phi) is 10.6. The summed E-state index contributed by atoms with van der Waals surface area (Å²) in [4.78, 5) is 24.2. The number of alkyl carbamates (subject to hydrolysis) is 1. The van der Waals surface area contributed by atoms with Crippen LogP contribution in [0.2, 0.25) is 0 Å². The summed E-state index contributed by atoms with van der Waals surface area (Å²) in [5.74, 6) is -0.714. The molecule has 0 radical (unpaired) electrons. The highest BCUT2D eigenvalue weighted by Crippen LogP contribution is 2.39. The molecule has 0 aliphatic carbocycles. The lowest BCUT2D eigenvalue weighted by molar-refractivity contribution is -0.144. The van der Waals surface area contributed by atoms with Crippen LogP contribution in [0, 0.1) is 16.9 Å². The van der Waals surface area contributed by atoms with Crippen molar-refractivity contribution in [1.82, 2.24) is 5.32 Å². The van der Waals surface area contributed by atoms with Crippen molar-refractivity contribution in [2.75, 3.05) is 13.2 Å². The standard InChI is InChI=1S/C16H28N4O4S2/c1-15(2,3)24-14(22)20-12(13(21)23-8-7-17)9-11(10-19-18)25-26-16(4,5)6/h11-12,18H,8-10H2,1-6H3,(H,20,22)/t11?,12-/m0/s1. The van der Waals surface area contributed by atoms with Crippen LogP contribution in [0.5, 0.6) is 0 Å². The van der Waals surface area contributed by atoms with Gasteiger partial charge in [-0.15, -0.1) is 0 Å². The van der Waals surface area contributed by atoms with Crippen molar-refractivity contribution in [2.45, 2.75) is 69.6 Å². The van der Waals surface area contributed by atoms with Crippen molar-refractivity contribution < 1.29 is 19.1 Å². The van der Waals surface area contributed by atoms with E-state index in [1.807, 2.05) is 0 Å². The molecule has 0 rings (SSSR count). The first-order valence-corrected chi connectivity index (χ1v) is 10.3. The number of rotatable bonds is 9. The molecule has 0 fully saturated rings. The Morgan fingerprint density at radius 1 is 1.27 bits per heavy atom. The molecule has 0 spiro atoms. The van der Waals surface area contributed by atoms with Gasteiger partial charge in [0.1, 0.15) is 17.7 Å². The fourth-order valence-electron chi connectivity index (χ4n) is 1.59. The van der Waals surface area contributed by atoms with Crippen LogP contribution >= 0.6 is 21.6 Å². The van der Waals surface area contributed by atoms with Gasteiger partial charge in [-0.05, 0) is 27.2 Å². The van der Waals surface area contributed by atoms with Crippen LogP contribution in [0.25, 0.3) is 0 Å². The van der Waals surface area contributed by atoms with E-state index >= 15 is 0 Å². The number of esters is 1. The zero-order valence-electron chi connectivity index (χ0n) is 16.1. The summed E-state index contributed by atoms with van der Waals surface area (Å²) in [6.45, 7) is 11.1. The molecule has 8 nitrogen and oxygen atoms in total. The number of nitrogens with zero attached hydrogens (tertiary/aromatic N) is 2. The minimum absolute atomic E-state index is 0.0135. The molecule has 10 heteroatoms. The van der Waals surface area contributed by atoms with Gasteiger partial charge in [-0.3, -0.25) is 0 Å². The van der Waals surface area contributed by atoms with Crippen LogP contribution in [0.1, 0.15) is 48.0 Å². The lowest BCUT2D eigenvalue weighted by Gasteiger charge is -2.25. The number of hydrogen-bond acceptors (Lipinski definition) is 9. The maximum absolute atomic E-state index is 12.2. The molecule has 26 heavy (non-hydrogen) atoms. The Bertz CT molecular complexity index is 524. The van der Waals surface area contributed by atoms with E-state index in [0.717, 1.165) is 0 Å². The summed E-state index contributed by atoms with van der Waals surface area (Å²) in [7, 11) is 3.11. The number of nitrogens with one attached hydrogen (secondary N) is 2. The van der Waals surface area contributed by atoms with Gasteiger partial charge >= 0.3 is 12.1 Å². The summed E-state index contributed by atoms with van der Waals surface area (Å²) in [5.41, 5.74) is 6.41. The smallest absolute Gasteiger partial charge is 0.408 e. The van der Waals surface area contributed by atoms with Crippen LogP contribution in [-0.4, -0.2) is 46.9 Å². The van der Waals surface area contributed by atoms with Gasteiger partial charge in [-0.1, -0.05) is 42.4 Å². The van der Waals surface area contributed by atoms with Crippen molar-refractivity contribution in [2.24, 2.45) is 5.11 Å². The van der Waals surface area contributed by atoms with Gasteiger partial charge in [0.2, 0.25) is 0 Å². The fraction of sp³-hybridized carbons (Fsp3) is 0.812. The van der Waals surface area contributed by atoms with Gasteiger partial charge < -0.3 is 14.8 Å². The first-order chi connectivity index (χ1) is 11.9. The molecule has 2 N–H and O–H groups in total. The zero-order valence-corrected chi connectivity index (χ0v) is 17.8. The van der Waals surface area contributed by atoms with E-state index in [4.69, 9.17) is 20.3 Å². The van der Waals surface area contributed by atoms with Crippen molar-refractivity contribution in [1.29, 1.82) is 10.8 Å². The molecule has 0 saturated carbocycles. The molecule has 0 aromatic rings. The predicted molar refractivity (Wildman–Crippen MR) is 103 cm³/mol. The topological polar surface area (TPSA) is 125 Å². The first kappa shape index (κ1) is 24.5. The molecular formula is C16H28N4O4S2. The average Bonchev–Trinajstić information content (AvgIpc) is 2.47. The van der Waals surface area contributed by atoms with E-state index in [1.165, 1.54) is 10.8 Å². The molecule has 0 saturated heterocycles. The zero-order chi connectivity index (χ0) is 20.4. The summed E-state index contributed by atoms with van der Waals surface area (Å²) >= 11 is 0. The second-order valence-electron chi connectivity index (χ2n) is 7.45. The van der Waals surface area contributed by atoms with Crippen LogP contribution in [0.4, 0.5) is 4.79 Å². The maximum atomic E-state index is 12.2. The Hall–Kier alpha value is -1.47. The summed E-state index contributed by atoms with van der Waals surface area (Å²) < 4.78 is 10.0. The van der Waals surface area contributed by atoms with Gasteiger partial charge in [-0.2, -0.15) is 10.4 Å². The molecule has 0 aliphatic rings. The quantitative estimate of drug-likeness (QED) is 0.339. The lowest BCUT2D eigenvalue weighted by atomic mass is 10.1. The van der Waals surface area contributed by atoms with Gasteiger partial charge in [0.05, 0.1) is 6.54 Å². The molecule has 1 unspecified atom stereocenters. The number of ether oxygens (including phenoxy) is 2. The molecule has 0 bridgehead atoms. The highest BCUT2D eigenvalue weighted by Gasteiger charge is 2.29. The van der Waals surface area contributed by atoms with E-state index in [2.05, 4.69) is 31.2 Å². The minimum atomic E-state index is -0.988. The Balaban J connectivity index is 5.09. The van der Waals surface area contributed by atoms with Crippen LogP contribution in [-0.2, 0) is 14.3 Å². The molecule has 2 atom stereocenters. The van der Waals surface area contributed by atoms with Crippen LogP contribution in [0.3, 0.4) is 0 Å². The molecule has 1 amide bonds. The SMILES string of the molecule is CC(C)(C)OC(=O)N[C@@H](CC(CN=N)SSC(C)(C)C)C(=O)OCC#N. The number of amides is 1. The monoisotopic (exact) mass is 404 g/mol. The third-order valence-electron chi connectivity index (χ3n) is 2.48. The molecule has 0 aromatic heterocycles. The lowest BCUT2D eigenvalue weighted by Crippen LogP contribution is -2.45. The minimum Gasteiger partial charge on any atom is -0.449 e. The Morgan fingerprint density at radius 3 is 2.35 bits per heavy atom. The Labute approximate surface area is 163 Å². The third kappa shape index (κ3) is 12.8.